The topological polar surface area (TPSA) is 70.7 Å². The molecule has 1 aromatic carbocycles. The molecular formula is C13H12N4OS. The maximum Gasteiger partial charge on any atom is 0.257 e. The van der Waals surface area contributed by atoms with Crippen LogP contribution in [-0.4, -0.2) is 21.1 Å². The Hall–Kier alpha value is -2.21. The van der Waals surface area contributed by atoms with E-state index in [2.05, 4.69) is 20.5 Å². The summed E-state index contributed by atoms with van der Waals surface area (Å²) in [5.41, 5.74) is 2.38. The lowest BCUT2D eigenvalue weighted by Gasteiger charge is -2.01. The van der Waals surface area contributed by atoms with Crippen LogP contribution in [-0.2, 0) is 0 Å². The molecule has 0 atom stereocenters. The van der Waals surface area contributed by atoms with Gasteiger partial charge in [0.05, 0.1) is 17.4 Å². The highest BCUT2D eigenvalue weighted by Crippen LogP contribution is 2.22. The molecule has 0 aliphatic heterocycles. The number of anilines is 1. The van der Waals surface area contributed by atoms with Crippen molar-refractivity contribution in [3.05, 3.63) is 40.5 Å². The number of thiazole rings is 1. The molecule has 0 saturated heterocycles. The molecule has 1 amide bonds. The second-order valence-electron chi connectivity index (χ2n) is 4.29. The lowest BCUT2D eigenvalue weighted by molar-refractivity contribution is 0.102. The van der Waals surface area contributed by atoms with Gasteiger partial charge >= 0.3 is 0 Å². The van der Waals surface area contributed by atoms with Crippen LogP contribution in [0.25, 0.3) is 10.9 Å². The Morgan fingerprint density at radius 3 is 2.95 bits per heavy atom. The molecule has 6 heteroatoms. The van der Waals surface area contributed by atoms with E-state index in [0.29, 0.717) is 10.7 Å². The molecule has 19 heavy (non-hydrogen) atoms. The van der Waals surface area contributed by atoms with Crippen LogP contribution >= 0.6 is 11.3 Å². The minimum atomic E-state index is -0.162. The number of aromatic nitrogens is 3. The van der Waals surface area contributed by atoms with Gasteiger partial charge in [0.2, 0.25) is 0 Å². The molecule has 0 aliphatic rings. The number of nitrogens with zero attached hydrogens (tertiary/aromatic N) is 2. The molecule has 0 aliphatic carbocycles. The first-order valence-electron chi connectivity index (χ1n) is 5.82. The number of aryl methyl sites for hydroxylation is 2. The third kappa shape index (κ3) is 2.22. The number of aromatic amines is 1. The number of rotatable bonds is 2. The molecule has 2 heterocycles. The van der Waals surface area contributed by atoms with E-state index in [1.807, 2.05) is 19.9 Å². The molecule has 0 saturated carbocycles. The Balaban J connectivity index is 1.86. The van der Waals surface area contributed by atoms with E-state index in [9.17, 15) is 4.79 Å². The van der Waals surface area contributed by atoms with Crippen molar-refractivity contribution < 1.29 is 4.79 Å². The van der Waals surface area contributed by atoms with Crippen molar-refractivity contribution in [2.24, 2.45) is 0 Å². The van der Waals surface area contributed by atoms with E-state index in [1.165, 1.54) is 11.3 Å². The van der Waals surface area contributed by atoms with Crippen LogP contribution < -0.4 is 5.32 Å². The predicted octanol–water partition coefficient (Wildman–Crippen LogP) is 2.89. The summed E-state index contributed by atoms with van der Waals surface area (Å²) in [4.78, 5) is 17.5. The highest BCUT2D eigenvalue weighted by molar-refractivity contribution is 7.15. The van der Waals surface area contributed by atoms with Crippen molar-refractivity contribution in [2.45, 2.75) is 13.8 Å². The highest BCUT2D eigenvalue weighted by atomic mass is 32.1. The van der Waals surface area contributed by atoms with Gasteiger partial charge in [-0.3, -0.25) is 15.2 Å². The van der Waals surface area contributed by atoms with Gasteiger partial charge in [0.25, 0.3) is 5.91 Å². The third-order valence-electron chi connectivity index (χ3n) is 2.95. The lowest BCUT2D eigenvalue weighted by Crippen LogP contribution is -2.11. The molecule has 5 nitrogen and oxygen atoms in total. The quantitative estimate of drug-likeness (QED) is 0.753. The molecule has 2 aromatic heterocycles. The van der Waals surface area contributed by atoms with Gasteiger partial charge in [0.15, 0.2) is 5.13 Å². The first kappa shape index (κ1) is 11.9. The zero-order chi connectivity index (χ0) is 13.4. The van der Waals surface area contributed by atoms with Crippen molar-refractivity contribution >= 4 is 33.3 Å². The average molecular weight is 272 g/mol. The molecular weight excluding hydrogens is 260 g/mol. The average Bonchev–Trinajstić information content (AvgIpc) is 2.96. The van der Waals surface area contributed by atoms with Gasteiger partial charge in [0.1, 0.15) is 0 Å². The largest absolute Gasteiger partial charge is 0.298 e. The maximum atomic E-state index is 12.1. The standard InChI is InChI=1S/C13H12N4OS/c1-7-8(2)19-13(15-7)16-12(18)9-3-4-10-6-14-17-11(10)5-9/h3-6H,1-2H3,(H,14,17)(H,15,16,18). The van der Waals surface area contributed by atoms with E-state index in [1.54, 1.807) is 18.3 Å². The summed E-state index contributed by atoms with van der Waals surface area (Å²) in [6, 6.07) is 5.43. The Bertz CT molecular complexity index is 739. The Morgan fingerprint density at radius 1 is 1.37 bits per heavy atom. The summed E-state index contributed by atoms with van der Waals surface area (Å²) in [7, 11) is 0. The first-order chi connectivity index (χ1) is 9.13. The third-order valence-corrected chi connectivity index (χ3v) is 3.94. The van der Waals surface area contributed by atoms with Gasteiger partial charge in [0, 0.05) is 15.8 Å². The fourth-order valence-electron chi connectivity index (χ4n) is 1.77. The molecule has 3 rings (SSSR count). The second kappa shape index (κ2) is 4.47. The first-order valence-corrected chi connectivity index (χ1v) is 6.63. The highest BCUT2D eigenvalue weighted by Gasteiger charge is 2.10. The number of amides is 1. The van der Waals surface area contributed by atoms with Crippen LogP contribution in [0.3, 0.4) is 0 Å². The van der Waals surface area contributed by atoms with Crippen LogP contribution in [0.2, 0.25) is 0 Å². The van der Waals surface area contributed by atoms with Gasteiger partial charge in [-0.1, -0.05) is 6.07 Å². The second-order valence-corrected chi connectivity index (χ2v) is 5.49. The fourth-order valence-corrected chi connectivity index (χ4v) is 2.58. The monoisotopic (exact) mass is 272 g/mol. The minimum absolute atomic E-state index is 0.162. The van der Waals surface area contributed by atoms with E-state index in [-0.39, 0.29) is 5.91 Å². The summed E-state index contributed by atoms with van der Waals surface area (Å²) < 4.78 is 0. The number of fused-ring (bicyclic) bond motifs is 1. The van der Waals surface area contributed by atoms with E-state index < -0.39 is 0 Å². The molecule has 0 fully saturated rings. The van der Waals surface area contributed by atoms with Crippen molar-refractivity contribution in [3.63, 3.8) is 0 Å². The molecule has 96 valence electrons. The number of carbonyl (C=O) groups excluding carboxylic acids is 1. The summed E-state index contributed by atoms with van der Waals surface area (Å²) in [6.07, 6.45) is 1.73. The van der Waals surface area contributed by atoms with Gasteiger partial charge in [-0.05, 0) is 26.0 Å². The van der Waals surface area contributed by atoms with Gasteiger partial charge in [-0.15, -0.1) is 11.3 Å². The van der Waals surface area contributed by atoms with Crippen LogP contribution in [0.4, 0.5) is 5.13 Å². The zero-order valence-corrected chi connectivity index (χ0v) is 11.3. The van der Waals surface area contributed by atoms with Crippen LogP contribution in [0, 0.1) is 13.8 Å². The number of benzene rings is 1. The number of hydrogen-bond acceptors (Lipinski definition) is 4. The van der Waals surface area contributed by atoms with Crippen molar-refractivity contribution in [3.8, 4) is 0 Å². The molecule has 0 radical (unpaired) electrons. The van der Waals surface area contributed by atoms with Crippen LogP contribution in [0.15, 0.2) is 24.4 Å². The molecule has 0 unspecified atom stereocenters. The number of hydrogen-bond donors (Lipinski definition) is 2. The fraction of sp³-hybridized carbons (Fsp3) is 0.154. The number of nitrogens with one attached hydrogen (secondary N) is 2. The van der Waals surface area contributed by atoms with E-state index >= 15 is 0 Å². The summed E-state index contributed by atoms with van der Waals surface area (Å²) in [5.74, 6) is -0.162. The minimum Gasteiger partial charge on any atom is -0.298 e. The molecule has 2 N–H and O–H groups in total. The predicted molar refractivity (Wildman–Crippen MR) is 75.6 cm³/mol. The summed E-state index contributed by atoms with van der Waals surface area (Å²) in [6.45, 7) is 3.91. The van der Waals surface area contributed by atoms with Crippen molar-refractivity contribution in [2.75, 3.05) is 5.32 Å². The van der Waals surface area contributed by atoms with E-state index in [4.69, 9.17) is 0 Å². The summed E-state index contributed by atoms with van der Waals surface area (Å²) >= 11 is 1.48. The van der Waals surface area contributed by atoms with Crippen molar-refractivity contribution in [1.82, 2.24) is 15.2 Å². The SMILES string of the molecule is Cc1nc(NC(=O)c2ccc3cn[nH]c3c2)sc1C. The van der Waals surface area contributed by atoms with Crippen LogP contribution in [0.1, 0.15) is 20.9 Å². The maximum absolute atomic E-state index is 12.1. The van der Waals surface area contributed by atoms with E-state index in [0.717, 1.165) is 21.5 Å². The Morgan fingerprint density at radius 2 is 2.21 bits per heavy atom. The van der Waals surface area contributed by atoms with Gasteiger partial charge in [-0.25, -0.2) is 4.98 Å². The van der Waals surface area contributed by atoms with Crippen LogP contribution in [0.5, 0.6) is 0 Å². The van der Waals surface area contributed by atoms with Gasteiger partial charge in [-0.2, -0.15) is 5.10 Å². The molecule has 0 bridgehead atoms. The Kier molecular flexibility index (Phi) is 2.79. The van der Waals surface area contributed by atoms with Gasteiger partial charge < -0.3 is 0 Å². The zero-order valence-electron chi connectivity index (χ0n) is 10.5. The Labute approximate surface area is 113 Å². The number of H-pyrrole nitrogens is 1. The molecule has 3 aromatic rings. The van der Waals surface area contributed by atoms with Crippen molar-refractivity contribution in [1.29, 1.82) is 0 Å². The summed E-state index contributed by atoms with van der Waals surface area (Å²) in [5, 5.41) is 11.2. The molecule has 0 spiro atoms. The lowest BCUT2D eigenvalue weighted by atomic mass is 10.1. The smallest absolute Gasteiger partial charge is 0.257 e. The normalized spacial score (nSPS) is 10.8. The number of carbonyl (C=O) groups is 1.